The fourth-order valence-electron chi connectivity index (χ4n) is 2.98. The van der Waals surface area contributed by atoms with E-state index in [1.165, 1.54) is 19.3 Å². The highest BCUT2D eigenvalue weighted by Crippen LogP contribution is 2.22. The Labute approximate surface area is 137 Å². The molecule has 0 bridgehead atoms. The molecule has 1 fully saturated rings. The molecule has 1 saturated carbocycles. The van der Waals surface area contributed by atoms with Crippen LogP contribution in [0.5, 0.6) is 0 Å². The Morgan fingerprint density at radius 1 is 1.13 bits per heavy atom. The SMILES string of the molecule is O=C(Cc1ccccc1)NC(CO)C(=O)NCC1CCCCC1. The average molecular weight is 318 g/mol. The molecule has 2 rings (SSSR count). The molecular formula is C18H26N2O3. The van der Waals surface area contributed by atoms with Crippen molar-refractivity contribution in [1.82, 2.24) is 10.6 Å². The number of carbonyl (C=O) groups excluding carboxylic acids is 2. The summed E-state index contributed by atoms with van der Waals surface area (Å²) in [7, 11) is 0. The van der Waals surface area contributed by atoms with Crippen molar-refractivity contribution < 1.29 is 14.7 Å². The number of amides is 2. The van der Waals surface area contributed by atoms with Gasteiger partial charge in [0.2, 0.25) is 11.8 Å². The Bertz CT molecular complexity index is 498. The molecule has 0 spiro atoms. The Balaban J connectivity index is 1.76. The average Bonchev–Trinajstić information content (AvgIpc) is 2.59. The summed E-state index contributed by atoms with van der Waals surface area (Å²) in [6.45, 7) is 0.237. The maximum Gasteiger partial charge on any atom is 0.244 e. The summed E-state index contributed by atoms with van der Waals surface area (Å²) < 4.78 is 0. The number of hydrogen-bond donors (Lipinski definition) is 3. The molecular weight excluding hydrogens is 292 g/mol. The van der Waals surface area contributed by atoms with E-state index in [0.29, 0.717) is 12.5 Å². The molecule has 0 aromatic heterocycles. The van der Waals surface area contributed by atoms with Crippen molar-refractivity contribution in [2.24, 2.45) is 5.92 Å². The second kappa shape index (κ2) is 9.30. The van der Waals surface area contributed by atoms with Crippen LogP contribution in [0.15, 0.2) is 30.3 Å². The Kier molecular flexibility index (Phi) is 7.07. The van der Waals surface area contributed by atoms with Gasteiger partial charge in [0, 0.05) is 6.54 Å². The molecule has 126 valence electrons. The Hall–Kier alpha value is -1.88. The highest BCUT2D eigenvalue weighted by Gasteiger charge is 2.21. The topological polar surface area (TPSA) is 78.4 Å². The van der Waals surface area contributed by atoms with Crippen molar-refractivity contribution >= 4 is 11.8 Å². The maximum atomic E-state index is 12.1. The van der Waals surface area contributed by atoms with Crippen LogP contribution in [0.25, 0.3) is 0 Å². The first-order valence-corrected chi connectivity index (χ1v) is 8.41. The molecule has 0 heterocycles. The molecule has 0 radical (unpaired) electrons. The summed E-state index contributed by atoms with van der Waals surface area (Å²) in [5, 5.41) is 14.8. The lowest BCUT2D eigenvalue weighted by molar-refractivity contribution is -0.129. The van der Waals surface area contributed by atoms with Crippen molar-refractivity contribution in [1.29, 1.82) is 0 Å². The quantitative estimate of drug-likeness (QED) is 0.711. The van der Waals surface area contributed by atoms with E-state index in [0.717, 1.165) is 18.4 Å². The molecule has 0 aliphatic heterocycles. The number of nitrogens with one attached hydrogen (secondary N) is 2. The third kappa shape index (κ3) is 6.02. The second-order valence-electron chi connectivity index (χ2n) is 6.21. The predicted molar refractivity (Wildman–Crippen MR) is 88.7 cm³/mol. The molecule has 5 heteroatoms. The minimum absolute atomic E-state index is 0.202. The van der Waals surface area contributed by atoms with Gasteiger partial charge >= 0.3 is 0 Å². The van der Waals surface area contributed by atoms with Crippen LogP contribution in [-0.4, -0.2) is 36.1 Å². The lowest BCUT2D eigenvalue weighted by Crippen LogP contribution is -2.50. The molecule has 0 saturated heterocycles. The number of carbonyl (C=O) groups is 2. The van der Waals surface area contributed by atoms with Gasteiger partial charge in [-0.05, 0) is 24.3 Å². The van der Waals surface area contributed by atoms with Gasteiger partial charge in [0.15, 0.2) is 0 Å². The largest absolute Gasteiger partial charge is 0.394 e. The van der Waals surface area contributed by atoms with Crippen LogP contribution in [-0.2, 0) is 16.0 Å². The van der Waals surface area contributed by atoms with Gasteiger partial charge in [-0.2, -0.15) is 0 Å². The van der Waals surface area contributed by atoms with Crippen molar-refractivity contribution in [3.05, 3.63) is 35.9 Å². The first-order valence-electron chi connectivity index (χ1n) is 8.41. The van der Waals surface area contributed by atoms with Gasteiger partial charge in [0.1, 0.15) is 6.04 Å². The molecule has 5 nitrogen and oxygen atoms in total. The highest BCUT2D eigenvalue weighted by molar-refractivity contribution is 5.88. The number of rotatable bonds is 7. The van der Waals surface area contributed by atoms with Crippen LogP contribution in [0.1, 0.15) is 37.7 Å². The summed E-state index contributed by atoms with van der Waals surface area (Å²) in [5.41, 5.74) is 0.879. The Morgan fingerprint density at radius 2 is 1.83 bits per heavy atom. The zero-order valence-corrected chi connectivity index (χ0v) is 13.5. The van der Waals surface area contributed by atoms with Gasteiger partial charge in [-0.25, -0.2) is 0 Å². The summed E-state index contributed by atoms with van der Waals surface area (Å²) in [6.07, 6.45) is 6.21. The maximum absolute atomic E-state index is 12.1. The lowest BCUT2D eigenvalue weighted by atomic mass is 9.89. The summed E-state index contributed by atoms with van der Waals surface area (Å²) in [6, 6.07) is 8.45. The van der Waals surface area contributed by atoms with Gasteiger partial charge in [-0.15, -0.1) is 0 Å². The number of aliphatic hydroxyl groups is 1. The molecule has 1 aromatic carbocycles. The fraction of sp³-hybridized carbons (Fsp3) is 0.556. The van der Waals surface area contributed by atoms with E-state index in [9.17, 15) is 14.7 Å². The monoisotopic (exact) mass is 318 g/mol. The molecule has 2 amide bonds. The molecule has 1 aliphatic carbocycles. The smallest absolute Gasteiger partial charge is 0.244 e. The zero-order chi connectivity index (χ0) is 16.5. The minimum Gasteiger partial charge on any atom is -0.394 e. The molecule has 3 N–H and O–H groups in total. The third-order valence-corrected chi connectivity index (χ3v) is 4.33. The van der Waals surface area contributed by atoms with E-state index in [2.05, 4.69) is 10.6 Å². The third-order valence-electron chi connectivity index (χ3n) is 4.33. The number of hydrogen-bond acceptors (Lipinski definition) is 3. The summed E-state index contributed by atoms with van der Waals surface area (Å²) >= 11 is 0. The van der Waals surface area contributed by atoms with Gasteiger partial charge in [-0.3, -0.25) is 9.59 Å². The zero-order valence-electron chi connectivity index (χ0n) is 13.5. The van der Waals surface area contributed by atoms with E-state index < -0.39 is 12.6 Å². The molecule has 23 heavy (non-hydrogen) atoms. The molecule has 1 aliphatic rings. The van der Waals surface area contributed by atoms with Crippen LogP contribution in [0.4, 0.5) is 0 Å². The minimum atomic E-state index is -0.880. The van der Waals surface area contributed by atoms with Gasteiger partial charge in [0.25, 0.3) is 0 Å². The first kappa shape index (κ1) is 17.5. The number of benzene rings is 1. The summed E-state index contributed by atoms with van der Waals surface area (Å²) in [5.74, 6) is -0.0467. The number of aliphatic hydroxyl groups excluding tert-OH is 1. The molecule has 1 unspecified atom stereocenters. The molecule has 1 aromatic rings. The first-order chi connectivity index (χ1) is 11.2. The van der Waals surface area contributed by atoms with Crippen LogP contribution in [0.3, 0.4) is 0 Å². The Morgan fingerprint density at radius 3 is 2.48 bits per heavy atom. The lowest BCUT2D eigenvalue weighted by Gasteiger charge is -2.23. The standard InChI is InChI=1S/C18H26N2O3/c21-13-16(18(23)19-12-15-9-5-2-6-10-15)20-17(22)11-14-7-3-1-4-8-14/h1,3-4,7-8,15-16,21H,2,5-6,9-13H2,(H,19,23)(H,20,22). The van der Waals surface area contributed by atoms with Crippen molar-refractivity contribution in [3.8, 4) is 0 Å². The van der Waals surface area contributed by atoms with E-state index >= 15 is 0 Å². The van der Waals surface area contributed by atoms with E-state index in [4.69, 9.17) is 0 Å². The predicted octanol–water partition coefficient (Wildman–Crippen LogP) is 1.40. The van der Waals surface area contributed by atoms with Crippen molar-refractivity contribution in [2.75, 3.05) is 13.2 Å². The van der Waals surface area contributed by atoms with E-state index in [-0.39, 0.29) is 18.2 Å². The highest BCUT2D eigenvalue weighted by atomic mass is 16.3. The van der Waals surface area contributed by atoms with Crippen molar-refractivity contribution in [2.45, 2.75) is 44.6 Å². The van der Waals surface area contributed by atoms with Crippen LogP contribution < -0.4 is 10.6 Å². The fourth-order valence-corrected chi connectivity index (χ4v) is 2.98. The van der Waals surface area contributed by atoms with E-state index in [1.54, 1.807) is 0 Å². The molecule has 1 atom stereocenters. The van der Waals surface area contributed by atoms with Crippen LogP contribution in [0.2, 0.25) is 0 Å². The summed E-state index contributed by atoms with van der Waals surface area (Å²) in [4.78, 5) is 24.1. The van der Waals surface area contributed by atoms with Gasteiger partial charge in [0.05, 0.1) is 13.0 Å². The van der Waals surface area contributed by atoms with E-state index in [1.807, 2.05) is 30.3 Å². The van der Waals surface area contributed by atoms with Gasteiger partial charge < -0.3 is 15.7 Å². The van der Waals surface area contributed by atoms with Gasteiger partial charge in [-0.1, -0.05) is 49.6 Å². The van der Waals surface area contributed by atoms with Crippen molar-refractivity contribution in [3.63, 3.8) is 0 Å². The normalized spacial score (nSPS) is 16.6. The van der Waals surface area contributed by atoms with Crippen LogP contribution >= 0.6 is 0 Å². The van der Waals surface area contributed by atoms with Crippen LogP contribution in [0, 0.1) is 5.92 Å². The second-order valence-corrected chi connectivity index (χ2v) is 6.21.